The van der Waals surface area contributed by atoms with Crippen LogP contribution >= 0.6 is 0 Å². The molecule has 31 heavy (non-hydrogen) atoms. The maximum atomic E-state index is 10.2. The van der Waals surface area contributed by atoms with Crippen LogP contribution in [-0.2, 0) is 43.9 Å². The summed E-state index contributed by atoms with van der Waals surface area (Å²) in [6, 6.07) is 17.6. The van der Waals surface area contributed by atoms with Crippen LogP contribution in [0.4, 0.5) is 4.79 Å². The van der Waals surface area contributed by atoms with Gasteiger partial charge in [-0.25, -0.2) is 0 Å². The third kappa shape index (κ3) is 7.91. The second kappa shape index (κ2) is 13.2. The first kappa shape index (κ1) is 27.6. The predicted octanol–water partition coefficient (Wildman–Crippen LogP) is 1.31. The van der Waals surface area contributed by atoms with Crippen molar-refractivity contribution in [2.45, 2.75) is 36.9 Å². The van der Waals surface area contributed by atoms with Gasteiger partial charge in [0.15, 0.2) is 6.03 Å². The Kier molecular flexibility index (Phi) is 11.8. The van der Waals surface area contributed by atoms with Gasteiger partial charge in [-0.2, -0.15) is 35.9 Å². The monoisotopic (exact) mass is 505 g/mol. The van der Waals surface area contributed by atoms with Gasteiger partial charge in [0.25, 0.3) is 0 Å². The standard InChI is InChI=1S/C19H21O5.C3H8N2O.Y/c20-11-15-16(21)17(22)18(23)19(24-15)14-8-4-7-13(10-14)9-12-5-2-1-3-6-12;1-5(2)3(4)6;/h2-8,10,15-23H,9,11H2;1-2H3,(H2,4,6);/q-1;;/p-1/t15-,16?,17+,18-,19+;;/m1../s1. The summed E-state index contributed by atoms with van der Waals surface area (Å²) in [6.45, 7) is -0.429. The van der Waals surface area contributed by atoms with Crippen molar-refractivity contribution in [3.8, 4) is 0 Å². The van der Waals surface area contributed by atoms with Crippen molar-refractivity contribution in [1.82, 2.24) is 4.90 Å². The molecule has 1 unspecified atom stereocenters. The van der Waals surface area contributed by atoms with Gasteiger partial charge in [-0.3, -0.25) is 4.79 Å². The number of benzene rings is 2. The minimum atomic E-state index is -1.37. The molecule has 1 fully saturated rings. The first-order valence-electron chi connectivity index (χ1n) is 9.51. The minimum absolute atomic E-state index is 0. The van der Waals surface area contributed by atoms with E-state index in [2.05, 4.69) is 6.07 Å². The summed E-state index contributed by atoms with van der Waals surface area (Å²) in [5.74, 6) is 0. The van der Waals surface area contributed by atoms with Gasteiger partial charge in [0, 0.05) is 32.7 Å². The number of nitrogens with one attached hydrogen (secondary N) is 1. The fourth-order valence-corrected chi connectivity index (χ4v) is 3.03. The van der Waals surface area contributed by atoms with Crippen molar-refractivity contribution in [3.63, 3.8) is 0 Å². The Balaban J connectivity index is 0.000000607. The molecule has 0 aliphatic carbocycles. The average molecular weight is 505 g/mol. The summed E-state index contributed by atoms with van der Waals surface area (Å²) < 4.78 is 5.61. The average Bonchev–Trinajstić information content (AvgIpc) is 2.73. The number of ether oxygens (including phenoxy) is 1. The summed E-state index contributed by atoms with van der Waals surface area (Å²) in [7, 11) is 3.07. The van der Waals surface area contributed by atoms with Crippen molar-refractivity contribution in [2.75, 3.05) is 20.7 Å². The third-order valence-corrected chi connectivity index (χ3v) is 4.77. The van der Waals surface area contributed by atoms with Crippen LogP contribution < -0.4 is 0 Å². The van der Waals surface area contributed by atoms with Crippen LogP contribution in [0.5, 0.6) is 0 Å². The Morgan fingerprint density at radius 3 is 2.23 bits per heavy atom. The number of urea groups is 1. The van der Waals surface area contributed by atoms with E-state index in [1.54, 1.807) is 6.07 Å². The molecule has 167 valence electrons. The van der Waals surface area contributed by atoms with Crippen LogP contribution in [0.15, 0.2) is 48.5 Å². The molecule has 3 rings (SSSR count). The van der Waals surface area contributed by atoms with E-state index in [-0.39, 0.29) is 32.7 Å². The zero-order valence-corrected chi connectivity index (χ0v) is 20.4. The molecule has 0 saturated carbocycles. The summed E-state index contributed by atoms with van der Waals surface area (Å²) in [4.78, 5) is 10.9. The van der Waals surface area contributed by atoms with E-state index in [1.807, 2.05) is 42.5 Å². The number of hydrogen-bond acceptors (Lipinski definition) is 6. The van der Waals surface area contributed by atoms with E-state index in [0.29, 0.717) is 5.56 Å². The van der Waals surface area contributed by atoms with Gasteiger partial charge < -0.3 is 35.8 Å². The molecule has 5 N–H and O–H groups in total. The first-order valence-corrected chi connectivity index (χ1v) is 9.51. The van der Waals surface area contributed by atoms with E-state index in [4.69, 9.17) is 10.5 Å². The second-order valence-corrected chi connectivity index (χ2v) is 7.28. The van der Waals surface area contributed by atoms with Gasteiger partial charge in [0.05, 0.1) is 6.61 Å². The molecule has 8 nitrogen and oxygen atoms in total. The summed E-state index contributed by atoms with van der Waals surface area (Å²) >= 11 is 0. The number of aliphatic hydroxyl groups is 4. The molecule has 2 amide bonds. The van der Waals surface area contributed by atoms with Crippen molar-refractivity contribution >= 4 is 6.03 Å². The molecule has 2 aromatic carbocycles. The zero-order chi connectivity index (χ0) is 22.3. The molecule has 1 heterocycles. The van der Waals surface area contributed by atoms with Gasteiger partial charge in [-0.15, -0.1) is 0 Å². The van der Waals surface area contributed by atoms with Gasteiger partial charge >= 0.3 is 0 Å². The number of carbonyl (C=O) groups excluding carboxylic acids is 1. The number of nitrogens with zero attached hydrogens (tertiary/aromatic N) is 1. The smallest absolute Gasteiger partial charge is 0.152 e. The maximum absolute atomic E-state index is 10.2. The van der Waals surface area contributed by atoms with Crippen molar-refractivity contribution in [1.29, 1.82) is 0 Å². The van der Waals surface area contributed by atoms with E-state index in [9.17, 15) is 25.2 Å². The quantitative estimate of drug-likeness (QED) is 0.463. The Hall–Kier alpha value is -1.39. The van der Waals surface area contributed by atoms with Gasteiger partial charge in [-0.05, 0) is 17.5 Å². The van der Waals surface area contributed by atoms with E-state index >= 15 is 0 Å². The molecule has 1 saturated heterocycles. The Morgan fingerprint density at radius 2 is 1.68 bits per heavy atom. The minimum Gasteiger partial charge on any atom is -0.447 e. The maximum Gasteiger partial charge on any atom is 0.152 e. The van der Waals surface area contributed by atoms with E-state index in [1.165, 1.54) is 19.0 Å². The molecule has 9 heteroatoms. The van der Waals surface area contributed by atoms with Crippen LogP contribution in [-0.4, -0.2) is 76.5 Å². The fourth-order valence-electron chi connectivity index (χ4n) is 3.03. The van der Waals surface area contributed by atoms with Gasteiger partial charge in [0.1, 0.15) is 30.5 Å². The van der Waals surface area contributed by atoms with Crippen LogP contribution in [0.25, 0.3) is 5.73 Å². The number of rotatable bonds is 4. The van der Waals surface area contributed by atoms with E-state index < -0.39 is 43.2 Å². The SMILES string of the molecule is CN(C)C([NH-])=O.OC[C@H]1O[C@@H](c2cccc(Cc3cc[c-]cc3)c2)[C@H](O)[C@@H](O)C1O.[Y]. The first-order chi connectivity index (χ1) is 14.2. The topological polar surface area (TPSA) is 134 Å². The molecule has 0 spiro atoms. The molecular formula is C22H28N2O6Y-2. The number of aliphatic hydroxyl groups excluding tert-OH is 4. The van der Waals surface area contributed by atoms with Crippen LogP contribution in [0.1, 0.15) is 22.8 Å². The molecule has 0 aromatic heterocycles. The molecule has 5 atom stereocenters. The largest absolute Gasteiger partial charge is 0.447 e. The summed E-state index contributed by atoms with van der Waals surface area (Å²) in [5, 5.41) is 39.3. The van der Waals surface area contributed by atoms with Crippen LogP contribution in [0.2, 0.25) is 0 Å². The molecule has 0 bridgehead atoms. The van der Waals surface area contributed by atoms with Crippen LogP contribution in [0, 0.1) is 6.07 Å². The molecule has 1 aliphatic rings. The Labute approximate surface area is 207 Å². The Bertz CT molecular complexity index is 806. The number of carbonyl (C=O) groups is 1. The van der Waals surface area contributed by atoms with E-state index in [0.717, 1.165) is 17.5 Å². The zero-order valence-electron chi connectivity index (χ0n) is 17.5. The molecule has 1 aliphatic heterocycles. The Morgan fingerprint density at radius 1 is 1.06 bits per heavy atom. The van der Waals surface area contributed by atoms with Crippen molar-refractivity contribution in [3.05, 3.63) is 77.0 Å². The predicted molar refractivity (Wildman–Crippen MR) is 111 cm³/mol. The van der Waals surface area contributed by atoms with Gasteiger partial charge in [0.2, 0.25) is 0 Å². The molecular weight excluding hydrogens is 477 g/mol. The van der Waals surface area contributed by atoms with Gasteiger partial charge in [-0.1, -0.05) is 38.4 Å². The number of amides is 2. The fraction of sp³-hybridized carbons (Fsp3) is 0.409. The summed E-state index contributed by atoms with van der Waals surface area (Å²) in [5.41, 5.74) is 9.20. The van der Waals surface area contributed by atoms with Crippen LogP contribution in [0.3, 0.4) is 0 Å². The van der Waals surface area contributed by atoms with Crippen molar-refractivity contribution in [2.24, 2.45) is 0 Å². The molecule has 1 radical (unpaired) electrons. The third-order valence-electron chi connectivity index (χ3n) is 4.77. The normalized spacial score (nSPS) is 24.9. The summed E-state index contributed by atoms with van der Waals surface area (Å²) in [6.07, 6.45) is -4.95. The van der Waals surface area contributed by atoms with Crippen molar-refractivity contribution < 1.29 is 62.7 Å². The second-order valence-electron chi connectivity index (χ2n) is 7.28. The number of hydrogen-bond donors (Lipinski definition) is 4. The molecule has 2 aromatic rings.